The van der Waals surface area contributed by atoms with E-state index in [9.17, 15) is 14.4 Å². The molecule has 0 radical (unpaired) electrons. The molecule has 0 saturated heterocycles. The third-order valence-electron chi connectivity index (χ3n) is 1.10. The molecule has 66 valence electrons. The Morgan fingerprint density at radius 2 is 1.57 bits per heavy atom. The van der Waals surface area contributed by atoms with E-state index >= 15 is 0 Å². The van der Waals surface area contributed by atoms with Gasteiger partial charge in [0.1, 0.15) is 13.6 Å². The van der Waals surface area contributed by atoms with Crippen molar-refractivity contribution in [3.8, 4) is 5.75 Å². The molecule has 5 nitrogen and oxygen atoms in total. The number of phosphoric ester groups is 1. The average Bonchev–Trinajstić information content (AvgIpc) is 1.91. The zero-order valence-corrected chi connectivity index (χ0v) is 12.9. The van der Waals surface area contributed by atoms with Gasteiger partial charge in [0.2, 0.25) is 0 Å². The van der Waals surface area contributed by atoms with Gasteiger partial charge in [-0.1, -0.05) is 0 Å². The molecular formula is C6H6NNa2O4P. The summed E-state index contributed by atoms with van der Waals surface area (Å²) in [5.74, 6) is -0.0301. The van der Waals surface area contributed by atoms with Gasteiger partial charge in [-0.25, -0.2) is 0 Å². The molecule has 0 aliphatic heterocycles. The van der Waals surface area contributed by atoms with Gasteiger partial charge in [-0.05, 0) is 24.3 Å². The normalized spacial score (nSPS) is 9.57. The number of hydrogen-bond donors (Lipinski definition) is 1. The molecule has 0 amide bonds. The molecule has 14 heavy (non-hydrogen) atoms. The summed E-state index contributed by atoms with van der Waals surface area (Å²) in [5.41, 5.74) is 5.78. The molecule has 0 heterocycles. The van der Waals surface area contributed by atoms with E-state index in [1.54, 1.807) is 0 Å². The van der Waals surface area contributed by atoms with E-state index in [1.807, 2.05) is 0 Å². The van der Waals surface area contributed by atoms with Crippen LogP contribution in [0.2, 0.25) is 0 Å². The first-order chi connectivity index (χ1) is 5.47. The summed E-state index contributed by atoms with van der Waals surface area (Å²) >= 11 is 0. The molecule has 0 spiro atoms. The molecule has 8 heteroatoms. The van der Waals surface area contributed by atoms with Gasteiger partial charge in [0.15, 0.2) is 0 Å². The van der Waals surface area contributed by atoms with E-state index in [4.69, 9.17) is 5.73 Å². The van der Waals surface area contributed by atoms with Gasteiger partial charge < -0.3 is 24.6 Å². The second-order valence-corrected chi connectivity index (χ2v) is 3.18. The Labute approximate surface area is 126 Å². The zero-order valence-electron chi connectivity index (χ0n) is 7.97. The van der Waals surface area contributed by atoms with Crippen molar-refractivity contribution in [2.24, 2.45) is 0 Å². The van der Waals surface area contributed by atoms with Crippen LogP contribution in [0.15, 0.2) is 24.3 Å². The fourth-order valence-corrected chi connectivity index (χ4v) is 1.04. The first kappa shape index (κ1) is 17.4. The van der Waals surface area contributed by atoms with E-state index in [1.165, 1.54) is 24.3 Å². The molecule has 1 rings (SSSR count). The van der Waals surface area contributed by atoms with Crippen molar-refractivity contribution in [3.05, 3.63) is 24.3 Å². The standard InChI is InChI=1S/C6H8NO4P.2Na/c7-5-1-3-6(4-2-5)11-12(8,9)10;;/h1-4H,7H2,(H2,8,9,10);;/q;2*+1/p-2. The third kappa shape index (κ3) is 7.29. The van der Waals surface area contributed by atoms with Crippen LogP contribution in [0.4, 0.5) is 5.69 Å². The molecule has 0 saturated carbocycles. The number of benzene rings is 1. The van der Waals surface area contributed by atoms with Crippen LogP contribution in [-0.4, -0.2) is 0 Å². The average molecular weight is 233 g/mol. The summed E-state index contributed by atoms with van der Waals surface area (Å²) in [6, 6.07) is 5.48. The largest absolute Gasteiger partial charge is 1.00 e. The number of rotatable bonds is 2. The SMILES string of the molecule is Nc1ccc(OP(=O)([O-])[O-])cc1.[Na+].[Na+]. The Hall–Kier alpha value is 0.970. The van der Waals surface area contributed by atoms with Crippen molar-refractivity contribution in [3.63, 3.8) is 0 Å². The summed E-state index contributed by atoms with van der Waals surface area (Å²) in [6.07, 6.45) is 0. The van der Waals surface area contributed by atoms with Crippen LogP contribution >= 0.6 is 7.82 Å². The maximum absolute atomic E-state index is 10.1. The summed E-state index contributed by atoms with van der Waals surface area (Å²) in [5, 5.41) is 0. The minimum Gasteiger partial charge on any atom is -0.780 e. The van der Waals surface area contributed by atoms with E-state index in [-0.39, 0.29) is 64.9 Å². The molecule has 0 aromatic heterocycles. The van der Waals surface area contributed by atoms with Crippen LogP contribution in [0.25, 0.3) is 0 Å². The van der Waals surface area contributed by atoms with Crippen LogP contribution in [-0.2, 0) is 4.57 Å². The fraction of sp³-hybridized carbons (Fsp3) is 0. The summed E-state index contributed by atoms with van der Waals surface area (Å²) in [4.78, 5) is 20.2. The first-order valence-electron chi connectivity index (χ1n) is 3.04. The quantitative estimate of drug-likeness (QED) is 0.311. The van der Waals surface area contributed by atoms with Crippen LogP contribution in [0.3, 0.4) is 0 Å². The van der Waals surface area contributed by atoms with Crippen molar-refractivity contribution in [1.82, 2.24) is 0 Å². The summed E-state index contributed by atoms with van der Waals surface area (Å²) in [6.45, 7) is 0. The van der Waals surface area contributed by atoms with E-state index < -0.39 is 7.82 Å². The minimum absolute atomic E-state index is 0. The van der Waals surface area contributed by atoms with Gasteiger partial charge in [-0.2, -0.15) is 0 Å². The van der Waals surface area contributed by atoms with E-state index in [2.05, 4.69) is 4.52 Å². The summed E-state index contributed by atoms with van der Waals surface area (Å²) < 4.78 is 14.1. The Morgan fingerprint density at radius 1 is 1.14 bits per heavy atom. The van der Waals surface area contributed by atoms with Gasteiger partial charge in [0, 0.05) is 5.69 Å². The molecule has 2 N–H and O–H groups in total. The van der Waals surface area contributed by atoms with Crippen molar-refractivity contribution in [2.45, 2.75) is 0 Å². The molecule has 0 aliphatic carbocycles. The van der Waals surface area contributed by atoms with Crippen molar-refractivity contribution in [2.75, 3.05) is 5.73 Å². The Morgan fingerprint density at radius 3 is 1.93 bits per heavy atom. The second-order valence-electron chi connectivity index (χ2n) is 2.11. The minimum atomic E-state index is -4.94. The zero-order chi connectivity index (χ0) is 9.19. The predicted octanol–water partition coefficient (Wildman–Crippen LogP) is -6.52. The van der Waals surface area contributed by atoms with Crippen LogP contribution in [0.1, 0.15) is 0 Å². The molecule has 0 bridgehead atoms. The number of anilines is 1. The monoisotopic (exact) mass is 233 g/mol. The number of phosphoric acid groups is 1. The van der Waals surface area contributed by atoms with Crippen molar-refractivity contribution >= 4 is 13.5 Å². The topological polar surface area (TPSA) is 98.4 Å². The fourth-order valence-electron chi connectivity index (χ4n) is 0.658. The van der Waals surface area contributed by atoms with Crippen LogP contribution in [0.5, 0.6) is 5.75 Å². The van der Waals surface area contributed by atoms with Gasteiger partial charge in [-0.3, -0.25) is 0 Å². The summed E-state index contributed by atoms with van der Waals surface area (Å²) in [7, 11) is -4.94. The maximum atomic E-state index is 10.1. The number of hydrogen-bond acceptors (Lipinski definition) is 5. The molecular weight excluding hydrogens is 227 g/mol. The molecule has 1 aromatic carbocycles. The van der Waals surface area contributed by atoms with Gasteiger partial charge in [-0.15, -0.1) is 0 Å². The van der Waals surface area contributed by atoms with Crippen molar-refractivity contribution < 1.29 is 78.0 Å². The molecule has 0 unspecified atom stereocenters. The Balaban J connectivity index is 0. The number of nitrogens with two attached hydrogens (primary N) is 1. The van der Waals surface area contributed by atoms with Gasteiger partial charge >= 0.3 is 59.1 Å². The van der Waals surface area contributed by atoms with Crippen LogP contribution in [0, 0.1) is 0 Å². The third-order valence-corrected chi connectivity index (χ3v) is 1.53. The van der Waals surface area contributed by atoms with E-state index in [0.29, 0.717) is 5.69 Å². The van der Waals surface area contributed by atoms with Gasteiger partial charge in [0.25, 0.3) is 0 Å². The van der Waals surface area contributed by atoms with Gasteiger partial charge in [0.05, 0.1) is 0 Å². The second kappa shape index (κ2) is 7.28. The molecule has 0 atom stereocenters. The predicted molar refractivity (Wildman–Crippen MR) is 39.1 cm³/mol. The van der Waals surface area contributed by atoms with E-state index in [0.717, 1.165) is 0 Å². The first-order valence-corrected chi connectivity index (χ1v) is 4.51. The smallest absolute Gasteiger partial charge is 0.780 e. The Bertz CT molecular complexity index is 312. The number of nitrogen functional groups attached to an aromatic ring is 1. The molecule has 1 aromatic rings. The Kier molecular flexibility index (Phi) is 9.03. The van der Waals surface area contributed by atoms with Crippen LogP contribution < -0.4 is 79.2 Å². The molecule has 0 fully saturated rings. The van der Waals surface area contributed by atoms with Crippen molar-refractivity contribution in [1.29, 1.82) is 0 Å². The molecule has 0 aliphatic rings. The maximum Gasteiger partial charge on any atom is 1.00 e.